The van der Waals surface area contributed by atoms with Gasteiger partial charge in [-0.15, -0.1) is 0 Å². The predicted molar refractivity (Wildman–Crippen MR) is 84.0 cm³/mol. The molecule has 0 aromatic heterocycles. The molecule has 0 radical (unpaired) electrons. The Balaban J connectivity index is 1.96. The Labute approximate surface area is 129 Å². The molecule has 0 bridgehead atoms. The Morgan fingerprint density at radius 2 is 2.00 bits per heavy atom. The Kier molecular flexibility index (Phi) is 3.92. The van der Waals surface area contributed by atoms with Gasteiger partial charge in [0, 0.05) is 23.4 Å². The van der Waals surface area contributed by atoms with Gasteiger partial charge in [-0.25, -0.2) is 0 Å². The molecule has 0 unspecified atom stereocenters. The van der Waals surface area contributed by atoms with E-state index in [1.165, 1.54) is 0 Å². The van der Waals surface area contributed by atoms with Crippen molar-refractivity contribution in [3.63, 3.8) is 0 Å². The van der Waals surface area contributed by atoms with Crippen molar-refractivity contribution < 1.29 is 14.3 Å². The minimum atomic E-state index is -0.281. The molecule has 3 rings (SSSR count). The van der Waals surface area contributed by atoms with Crippen LogP contribution in [-0.4, -0.2) is 18.4 Å². The van der Waals surface area contributed by atoms with Crippen molar-refractivity contribution in [2.75, 3.05) is 11.9 Å². The zero-order valence-corrected chi connectivity index (χ0v) is 12.4. The van der Waals surface area contributed by atoms with E-state index in [1.54, 1.807) is 13.0 Å². The monoisotopic (exact) mass is 295 g/mol. The van der Waals surface area contributed by atoms with Crippen LogP contribution >= 0.6 is 0 Å². The van der Waals surface area contributed by atoms with Gasteiger partial charge in [0.15, 0.2) is 5.78 Å². The molecular weight excluding hydrogens is 278 g/mol. The molecule has 2 aromatic carbocycles. The molecule has 22 heavy (non-hydrogen) atoms. The van der Waals surface area contributed by atoms with Gasteiger partial charge in [0.1, 0.15) is 0 Å². The third kappa shape index (κ3) is 2.72. The molecular formula is C18H17NO3. The lowest BCUT2D eigenvalue weighted by molar-refractivity contribution is -0.142. The van der Waals surface area contributed by atoms with Gasteiger partial charge in [-0.3, -0.25) is 9.59 Å². The van der Waals surface area contributed by atoms with Gasteiger partial charge < -0.3 is 10.1 Å². The van der Waals surface area contributed by atoms with Crippen LogP contribution in [0, 0.1) is 0 Å². The molecule has 1 aliphatic rings. The fraction of sp³-hybridized carbons (Fsp3) is 0.222. The summed E-state index contributed by atoms with van der Waals surface area (Å²) in [4.78, 5) is 24.3. The Morgan fingerprint density at radius 1 is 1.18 bits per heavy atom. The summed E-state index contributed by atoms with van der Waals surface area (Å²) in [5.41, 5.74) is 3.88. The van der Waals surface area contributed by atoms with Crippen LogP contribution in [0.2, 0.25) is 0 Å². The van der Waals surface area contributed by atoms with Crippen LogP contribution in [0.15, 0.2) is 42.5 Å². The molecule has 112 valence electrons. The second-order valence-electron chi connectivity index (χ2n) is 5.20. The molecule has 0 aliphatic carbocycles. The van der Waals surface area contributed by atoms with Crippen molar-refractivity contribution in [2.45, 2.75) is 19.9 Å². The van der Waals surface area contributed by atoms with E-state index in [9.17, 15) is 9.59 Å². The lowest BCUT2D eigenvalue weighted by Crippen LogP contribution is -2.09. The van der Waals surface area contributed by atoms with Gasteiger partial charge in [-0.1, -0.05) is 30.3 Å². The van der Waals surface area contributed by atoms with Crippen LogP contribution in [-0.2, 0) is 22.5 Å². The molecule has 0 saturated carbocycles. The van der Waals surface area contributed by atoms with Crippen LogP contribution in [0.3, 0.4) is 0 Å². The van der Waals surface area contributed by atoms with E-state index in [-0.39, 0.29) is 18.2 Å². The zero-order valence-electron chi connectivity index (χ0n) is 12.4. The van der Waals surface area contributed by atoms with Crippen molar-refractivity contribution in [3.05, 3.63) is 64.7 Å². The van der Waals surface area contributed by atoms with Gasteiger partial charge in [0.25, 0.3) is 0 Å². The summed E-state index contributed by atoms with van der Waals surface area (Å²) in [5.74, 6) is -0.293. The quantitative estimate of drug-likeness (QED) is 0.885. The summed E-state index contributed by atoms with van der Waals surface area (Å²) in [6.45, 7) is 2.75. The Morgan fingerprint density at radius 3 is 2.82 bits per heavy atom. The molecule has 0 spiro atoms. The number of ether oxygens (including phenoxy) is 1. The molecule has 0 amide bonds. The topological polar surface area (TPSA) is 55.4 Å². The Bertz CT molecular complexity index is 737. The van der Waals surface area contributed by atoms with Crippen LogP contribution < -0.4 is 5.32 Å². The number of fused-ring (bicyclic) bond motifs is 2. The summed E-state index contributed by atoms with van der Waals surface area (Å²) in [6, 6.07) is 13.1. The van der Waals surface area contributed by atoms with Crippen molar-refractivity contribution in [3.8, 4) is 0 Å². The molecule has 4 nitrogen and oxygen atoms in total. The lowest BCUT2D eigenvalue weighted by Gasteiger charge is -2.09. The molecule has 1 heterocycles. The first-order valence-corrected chi connectivity index (χ1v) is 7.34. The van der Waals surface area contributed by atoms with Crippen molar-refractivity contribution in [1.29, 1.82) is 0 Å². The minimum Gasteiger partial charge on any atom is -0.466 e. The highest BCUT2D eigenvalue weighted by Crippen LogP contribution is 2.27. The number of ketones is 1. The average Bonchev–Trinajstić information content (AvgIpc) is 2.66. The number of nitrogens with one attached hydrogen (secondary N) is 1. The normalized spacial score (nSPS) is 12.7. The molecule has 0 atom stereocenters. The largest absolute Gasteiger partial charge is 0.466 e. The van der Waals surface area contributed by atoms with Crippen LogP contribution in [0.5, 0.6) is 0 Å². The molecule has 4 heteroatoms. The van der Waals surface area contributed by atoms with Crippen LogP contribution in [0.4, 0.5) is 5.69 Å². The van der Waals surface area contributed by atoms with Gasteiger partial charge >= 0.3 is 5.97 Å². The number of hydrogen-bond acceptors (Lipinski definition) is 4. The second-order valence-corrected chi connectivity index (χ2v) is 5.20. The van der Waals surface area contributed by atoms with Crippen LogP contribution in [0.1, 0.15) is 34.0 Å². The number of esters is 1. The maximum atomic E-state index is 12.7. The second kappa shape index (κ2) is 6.02. The van der Waals surface area contributed by atoms with Gasteiger partial charge in [0.05, 0.1) is 13.0 Å². The van der Waals surface area contributed by atoms with E-state index in [0.717, 1.165) is 16.8 Å². The number of carbonyl (C=O) groups is 2. The predicted octanol–water partition coefficient (Wildman–Crippen LogP) is 2.95. The average molecular weight is 295 g/mol. The maximum Gasteiger partial charge on any atom is 0.310 e. The summed E-state index contributed by atoms with van der Waals surface area (Å²) >= 11 is 0. The molecule has 0 fully saturated rings. The van der Waals surface area contributed by atoms with Crippen molar-refractivity contribution in [1.82, 2.24) is 0 Å². The smallest absolute Gasteiger partial charge is 0.310 e. The molecule has 2 aromatic rings. The Hall–Kier alpha value is -2.62. The first kappa shape index (κ1) is 14.3. The third-order valence-corrected chi connectivity index (χ3v) is 3.71. The highest BCUT2D eigenvalue weighted by molar-refractivity contribution is 6.14. The maximum absolute atomic E-state index is 12.7. The SMILES string of the molecule is CCOC(=O)Cc1ccc2c(c1)C(=O)c1ccccc1CN2. The van der Waals surface area contributed by atoms with E-state index in [2.05, 4.69) is 5.32 Å². The summed E-state index contributed by atoms with van der Waals surface area (Å²) in [6.07, 6.45) is 0.177. The summed E-state index contributed by atoms with van der Waals surface area (Å²) < 4.78 is 4.96. The highest BCUT2D eigenvalue weighted by atomic mass is 16.5. The lowest BCUT2D eigenvalue weighted by atomic mass is 9.97. The van der Waals surface area contributed by atoms with Crippen molar-refractivity contribution in [2.24, 2.45) is 0 Å². The van der Waals surface area contributed by atoms with Gasteiger partial charge in [-0.2, -0.15) is 0 Å². The fourth-order valence-electron chi connectivity index (χ4n) is 2.65. The van der Waals surface area contributed by atoms with E-state index >= 15 is 0 Å². The van der Waals surface area contributed by atoms with E-state index in [0.29, 0.717) is 24.3 Å². The molecule has 1 N–H and O–H groups in total. The standard InChI is InChI=1S/C18H17NO3/c1-2-22-17(20)10-12-7-8-16-15(9-12)18(21)14-6-4-3-5-13(14)11-19-16/h3-9,19H,2,10-11H2,1H3. The van der Waals surface area contributed by atoms with Gasteiger partial charge in [-0.05, 0) is 30.2 Å². The summed E-state index contributed by atoms with van der Waals surface area (Å²) in [7, 11) is 0. The third-order valence-electron chi connectivity index (χ3n) is 3.71. The first-order chi connectivity index (χ1) is 10.7. The zero-order chi connectivity index (χ0) is 15.5. The van der Waals surface area contributed by atoms with Gasteiger partial charge in [0.2, 0.25) is 0 Å². The fourth-order valence-corrected chi connectivity index (χ4v) is 2.65. The van der Waals surface area contributed by atoms with Crippen molar-refractivity contribution >= 4 is 17.4 Å². The summed E-state index contributed by atoms with van der Waals surface area (Å²) in [5, 5.41) is 3.28. The number of benzene rings is 2. The van der Waals surface area contributed by atoms with E-state index in [1.807, 2.05) is 36.4 Å². The van der Waals surface area contributed by atoms with E-state index in [4.69, 9.17) is 4.74 Å². The number of rotatable bonds is 3. The number of anilines is 1. The number of hydrogen-bond donors (Lipinski definition) is 1. The van der Waals surface area contributed by atoms with E-state index < -0.39 is 0 Å². The minimum absolute atomic E-state index is 0.0127. The first-order valence-electron chi connectivity index (χ1n) is 7.34. The highest BCUT2D eigenvalue weighted by Gasteiger charge is 2.21. The molecule has 0 saturated heterocycles. The number of carbonyl (C=O) groups excluding carboxylic acids is 2. The molecule has 1 aliphatic heterocycles. The van der Waals surface area contributed by atoms with Crippen LogP contribution in [0.25, 0.3) is 0 Å².